The zero-order valence-corrected chi connectivity index (χ0v) is 11.0. The van der Waals surface area contributed by atoms with E-state index in [1.54, 1.807) is 0 Å². The van der Waals surface area contributed by atoms with Gasteiger partial charge in [0.2, 0.25) is 0 Å². The van der Waals surface area contributed by atoms with E-state index in [-0.39, 0.29) is 11.3 Å². The van der Waals surface area contributed by atoms with E-state index in [0.29, 0.717) is 11.8 Å². The molecule has 0 aromatic carbocycles. The summed E-state index contributed by atoms with van der Waals surface area (Å²) in [6.45, 7) is 4.37. The van der Waals surface area contributed by atoms with Crippen LogP contribution in [0.2, 0.25) is 0 Å². The van der Waals surface area contributed by atoms with Crippen molar-refractivity contribution in [3.05, 3.63) is 0 Å². The molecule has 0 saturated heterocycles. The van der Waals surface area contributed by atoms with Gasteiger partial charge in [0.15, 0.2) is 9.84 Å². The van der Waals surface area contributed by atoms with Gasteiger partial charge in [-0.1, -0.05) is 13.8 Å². The Labute approximate surface area is 93.6 Å². The molecule has 15 heavy (non-hydrogen) atoms. The van der Waals surface area contributed by atoms with Crippen LogP contribution >= 0.6 is 0 Å². The molecule has 90 valence electrons. The number of hydrogen-bond acceptors (Lipinski definition) is 3. The molecule has 1 fully saturated rings. The molecule has 3 unspecified atom stereocenters. The van der Waals surface area contributed by atoms with Crippen LogP contribution in [0.5, 0.6) is 0 Å². The summed E-state index contributed by atoms with van der Waals surface area (Å²) >= 11 is 0. The largest absolute Gasteiger partial charge is 0.316 e. The molecule has 3 atom stereocenters. The monoisotopic (exact) mass is 233 g/mol. The Hall–Kier alpha value is -0.0900. The van der Waals surface area contributed by atoms with Crippen LogP contribution in [0.15, 0.2) is 0 Å². The van der Waals surface area contributed by atoms with Crippen molar-refractivity contribution < 1.29 is 8.42 Å². The molecule has 4 heteroatoms. The van der Waals surface area contributed by atoms with Crippen molar-refractivity contribution in [2.75, 3.05) is 13.3 Å². The molecular weight excluding hydrogens is 210 g/mol. The maximum absolute atomic E-state index is 11.7. The van der Waals surface area contributed by atoms with Crippen molar-refractivity contribution >= 4 is 9.84 Å². The summed E-state index contributed by atoms with van der Waals surface area (Å²) in [6, 6.07) is 0.148. The van der Waals surface area contributed by atoms with Crippen molar-refractivity contribution in [3.8, 4) is 0 Å². The van der Waals surface area contributed by atoms with Gasteiger partial charge in [-0.05, 0) is 38.1 Å². The smallest absolute Gasteiger partial charge is 0.151 e. The van der Waals surface area contributed by atoms with Gasteiger partial charge in [-0.25, -0.2) is 8.42 Å². The van der Waals surface area contributed by atoms with Crippen molar-refractivity contribution in [3.63, 3.8) is 0 Å². The van der Waals surface area contributed by atoms with Crippen molar-refractivity contribution in [2.45, 2.75) is 44.4 Å². The van der Waals surface area contributed by atoms with Gasteiger partial charge in [0.05, 0.1) is 5.25 Å². The summed E-state index contributed by atoms with van der Waals surface area (Å²) < 4.78 is 23.4. The summed E-state index contributed by atoms with van der Waals surface area (Å²) in [7, 11) is -1.06. The molecular formula is C11H23NO2S. The molecule has 1 rings (SSSR count). The second-order valence-electron chi connectivity index (χ2n) is 5.08. The third-order valence-electron chi connectivity index (χ3n) is 3.70. The lowest BCUT2D eigenvalue weighted by atomic mass is 9.79. The van der Waals surface area contributed by atoms with Gasteiger partial charge in [0.25, 0.3) is 0 Å². The van der Waals surface area contributed by atoms with E-state index in [2.05, 4.69) is 19.2 Å². The van der Waals surface area contributed by atoms with E-state index in [1.165, 1.54) is 6.26 Å². The highest BCUT2D eigenvalue weighted by atomic mass is 32.2. The zero-order valence-electron chi connectivity index (χ0n) is 10.2. The molecule has 1 aliphatic carbocycles. The zero-order chi connectivity index (χ0) is 11.6. The van der Waals surface area contributed by atoms with E-state index in [9.17, 15) is 8.42 Å². The minimum absolute atomic E-state index is 0.148. The van der Waals surface area contributed by atoms with Crippen LogP contribution < -0.4 is 5.32 Å². The van der Waals surface area contributed by atoms with Gasteiger partial charge in [-0.3, -0.25) is 0 Å². The Morgan fingerprint density at radius 3 is 2.27 bits per heavy atom. The van der Waals surface area contributed by atoms with Gasteiger partial charge < -0.3 is 5.32 Å². The molecule has 0 bridgehead atoms. The second kappa shape index (κ2) is 4.83. The third kappa shape index (κ3) is 3.18. The number of hydrogen-bond donors (Lipinski definition) is 1. The van der Waals surface area contributed by atoms with Crippen LogP contribution in [-0.2, 0) is 9.84 Å². The average Bonchev–Trinajstić information content (AvgIpc) is 2.15. The quantitative estimate of drug-likeness (QED) is 0.802. The minimum Gasteiger partial charge on any atom is -0.316 e. The Morgan fingerprint density at radius 2 is 1.87 bits per heavy atom. The predicted octanol–water partition coefficient (Wildman–Crippen LogP) is 1.44. The van der Waals surface area contributed by atoms with Crippen molar-refractivity contribution in [2.24, 2.45) is 11.8 Å². The van der Waals surface area contributed by atoms with E-state index in [4.69, 9.17) is 0 Å². The predicted molar refractivity (Wildman–Crippen MR) is 63.7 cm³/mol. The maximum Gasteiger partial charge on any atom is 0.151 e. The van der Waals surface area contributed by atoms with Crippen molar-refractivity contribution in [1.82, 2.24) is 5.32 Å². The third-order valence-corrected chi connectivity index (χ3v) is 5.32. The minimum atomic E-state index is -2.92. The van der Waals surface area contributed by atoms with Gasteiger partial charge in [0, 0.05) is 12.3 Å². The molecule has 1 N–H and O–H groups in total. The molecule has 1 aliphatic rings. The Kier molecular flexibility index (Phi) is 4.18. The van der Waals surface area contributed by atoms with Gasteiger partial charge in [0.1, 0.15) is 0 Å². The summed E-state index contributed by atoms with van der Waals surface area (Å²) in [4.78, 5) is 0. The summed E-state index contributed by atoms with van der Waals surface area (Å²) in [6.07, 6.45) is 4.32. The number of rotatable bonds is 3. The van der Waals surface area contributed by atoms with E-state index in [1.807, 2.05) is 7.05 Å². The first-order valence-corrected chi connectivity index (χ1v) is 7.67. The highest BCUT2D eigenvalue weighted by molar-refractivity contribution is 7.91. The van der Waals surface area contributed by atoms with E-state index in [0.717, 1.165) is 19.3 Å². The highest BCUT2D eigenvalue weighted by Gasteiger charge is 2.36. The summed E-state index contributed by atoms with van der Waals surface area (Å²) in [5.41, 5.74) is 0. The fraction of sp³-hybridized carbons (Fsp3) is 1.00. The van der Waals surface area contributed by atoms with Crippen LogP contribution in [0.25, 0.3) is 0 Å². The lowest BCUT2D eigenvalue weighted by Gasteiger charge is -2.36. The second-order valence-corrected chi connectivity index (χ2v) is 7.34. The van der Waals surface area contributed by atoms with Gasteiger partial charge in [-0.15, -0.1) is 0 Å². The lowest BCUT2D eigenvalue weighted by Crippen LogP contribution is -2.47. The standard InChI is InChI=1S/C11H23NO2S/c1-8(2)9-5-6-10(12-3)11(7-9)15(4,13)14/h8-12H,5-7H2,1-4H3. The molecule has 0 radical (unpaired) electrons. The highest BCUT2D eigenvalue weighted by Crippen LogP contribution is 2.33. The fourth-order valence-corrected chi connectivity index (χ4v) is 4.03. The van der Waals surface area contributed by atoms with E-state index >= 15 is 0 Å². The molecule has 0 heterocycles. The molecule has 0 aromatic rings. The van der Waals surface area contributed by atoms with Crippen molar-refractivity contribution in [1.29, 1.82) is 0 Å². The van der Waals surface area contributed by atoms with Crippen LogP contribution in [0.1, 0.15) is 33.1 Å². The SMILES string of the molecule is CNC1CCC(C(C)C)CC1S(C)(=O)=O. The topological polar surface area (TPSA) is 46.2 Å². The van der Waals surface area contributed by atoms with Crippen LogP contribution in [0, 0.1) is 11.8 Å². The average molecular weight is 233 g/mol. The Morgan fingerprint density at radius 1 is 1.27 bits per heavy atom. The number of sulfone groups is 1. The molecule has 0 aliphatic heterocycles. The van der Waals surface area contributed by atoms with Crippen LogP contribution in [0.4, 0.5) is 0 Å². The Bertz CT molecular complexity index is 298. The first-order chi connectivity index (χ1) is 6.86. The lowest BCUT2D eigenvalue weighted by molar-refractivity contribution is 0.246. The van der Waals surface area contributed by atoms with Crippen LogP contribution in [-0.4, -0.2) is 33.0 Å². The maximum atomic E-state index is 11.7. The molecule has 0 aromatic heterocycles. The Balaban J connectivity index is 2.79. The summed E-state index contributed by atoms with van der Waals surface area (Å²) in [5, 5.41) is 2.95. The van der Waals surface area contributed by atoms with Gasteiger partial charge in [-0.2, -0.15) is 0 Å². The van der Waals surface area contributed by atoms with Gasteiger partial charge >= 0.3 is 0 Å². The number of nitrogens with one attached hydrogen (secondary N) is 1. The first kappa shape index (κ1) is 13.0. The molecule has 1 saturated carbocycles. The summed E-state index contributed by atoms with van der Waals surface area (Å²) in [5.74, 6) is 1.15. The molecule has 0 amide bonds. The fourth-order valence-electron chi connectivity index (χ4n) is 2.57. The van der Waals surface area contributed by atoms with Crippen LogP contribution in [0.3, 0.4) is 0 Å². The molecule has 3 nitrogen and oxygen atoms in total. The van der Waals surface area contributed by atoms with E-state index < -0.39 is 9.84 Å². The molecule has 0 spiro atoms. The first-order valence-electron chi connectivity index (χ1n) is 5.72. The normalized spacial score (nSPS) is 33.3.